The molecule has 0 bridgehead atoms. The van der Waals surface area contributed by atoms with Gasteiger partial charge in [0.2, 0.25) is 0 Å². The summed E-state index contributed by atoms with van der Waals surface area (Å²) < 4.78 is 19.6. The van der Waals surface area contributed by atoms with Gasteiger partial charge >= 0.3 is 17.9 Å². The highest BCUT2D eigenvalue weighted by molar-refractivity contribution is 5.67. The van der Waals surface area contributed by atoms with Gasteiger partial charge in [0.1, 0.15) is 12.7 Å². The van der Waals surface area contributed by atoms with E-state index in [-0.39, 0.29) is 6.61 Å². The van der Waals surface area contributed by atoms with Gasteiger partial charge in [-0.15, -0.1) is 0 Å². The molecule has 0 aromatic rings. The summed E-state index contributed by atoms with van der Waals surface area (Å²) in [6.07, 6.45) is -4.53. The van der Waals surface area contributed by atoms with Crippen LogP contribution in [0.3, 0.4) is 0 Å². The van der Waals surface area contributed by atoms with Gasteiger partial charge in [-0.2, -0.15) is 0 Å². The first-order valence-corrected chi connectivity index (χ1v) is 5.62. The fourth-order valence-electron chi connectivity index (χ4n) is 1.69. The predicted molar refractivity (Wildman–Crippen MR) is 58.6 cm³/mol. The van der Waals surface area contributed by atoms with Crippen molar-refractivity contribution in [2.45, 2.75) is 45.4 Å². The molecule has 1 rings (SSSR count). The molecule has 0 saturated carbocycles. The third kappa shape index (κ3) is 4.49. The molecule has 8 nitrogen and oxygen atoms in total. The van der Waals surface area contributed by atoms with Gasteiger partial charge in [0, 0.05) is 20.8 Å². The second-order valence-corrected chi connectivity index (χ2v) is 4.02. The summed E-state index contributed by atoms with van der Waals surface area (Å²) in [6, 6.07) is 0. The molecule has 1 saturated heterocycles. The largest absolute Gasteiger partial charge is 0.463 e. The molecular formula is C11H16O8. The van der Waals surface area contributed by atoms with Gasteiger partial charge in [-0.1, -0.05) is 0 Å². The number of carbonyl (C=O) groups excluding carboxylic acids is 3. The molecule has 108 valence electrons. The summed E-state index contributed by atoms with van der Waals surface area (Å²) in [4.78, 5) is 32.7. The minimum atomic E-state index is -1.45. The zero-order valence-corrected chi connectivity index (χ0v) is 10.8. The molecule has 1 fully saturated rings. The number of aliphatic hydroxyl groups is 1. The molecule has 1 N–H and O–H groups in total. The van der Waals surface area contributed by atoms with E-state index in [1.54, 1.807) is 0 Å². The van der Waals surface area contributed by atoms with E-state index in [0.717, 1.165) is 6.92 Å². The van der Waals surface area contributed by atoms with Gasteiger partial charge in [-0.25, -0.2) is 0 Å². The summed E-state index contributed by atoms with van der Waals surface area (Å²) in [5.74, 6) is -1.83. The molecule has 0 aliphatic carbocycles. The van der Waals surface area contributed by atoms with Gasteiger partial charge in [0.15, 0.2) is 18.5 Å². The van der Waals surface area contributed by atoms with E-state index in [1.165, 1.54) is 13.8 Å². The Kier molecular flexibility index (Phi) is 5.25. The van der Waals surface area contributed by atoms with Crippen molar-refractivity contribution in [2.75, 3.05) is 6.61 Å². The number of esters is 3. The summed E-state index contributed by atoms with van der Waals surface area (Å²) in [5.41, 5.74) is 0. The fraction of sp³-hybridized carbons (Fsp3) is 0.727. The Labute approximate surface area is 109 Å². The van der Waals surface area contributed by atoms with E-state index in [0.29, 0.717) is 0 Å². The zero-order valence-electron chi connectivity index (χ0n) is 10.8. The van der Waals surface area contributed by atoms with Gasteiger partial charge in [-0.3, -0.25) is 14.4 Å². The molecule has 0 radical (unpaired) electrons. The first kappa shape index (κ1) is 15.4. The highest BCUT2D eigenvalue weighted by atomic mass is 16.7. The van der Waals surface area contributed by atoms with Crippen molar-refractivity contribution in [3.05, 3.63) is 0 Å². The molecule has 19 heavy (non-hydrogen) atoms. The Hall–Kier alpha value is -1.67. The normalized spacial score (nSPS) is 29.7. The van der Waals surface area contributed by atoms with Crippen molar-refractivity contribution in [1.29, 1.82) is 0 Å². The Morgan fingerprint density at radius 3 is 2.00 bits per heavy atom. The van der Waals surface area contributed by atoms with Crippen LogP contribution in [0.1, 0.15) is 20.8 Å². The van der Waals surface area contributed by atoms with Gasteiger partial charge in [-0.05, 0) is 0 Å². The average molecular weight is 276 g/mol. The van der Waals surface area contributed by atoms with Crippen molar-refractivity contribution >= 4 is 17.9 Å². The van der Waals surface area contributed by atoms with E-state index < -0.39 is 42.5 Å². The standard InChI is InChI=1S/C11H16O8/c1-5(12)16-4-8-9(17-6(2)13)10(11(15)19-8)18-7(3)14/h8-11,15H,4H2,1-3H3/t8-,9?,10+,11-/m1/s1. The number of carbonyl (C=O) groups is 3. The van der Waals surface area contributed by atoms with Crippen molar-refractivity contribution in [3.63, 3.8) is 0 Å². The minimum Gasteiger partial charge on any atom is -0.463 e. The SMILES string of the molecule is CC(=O)OC[C@H]1O[C@@H](O)[C@@H](OC(C)=O)C1OC(C)=O. The van der Waals surface area contributed by atoms with E-state index in [4.69, 9.17) is 18.9 Å². The van der Waals surface area contributed by atoms with Crippen LogP contribution in [0.15, 0.2) is 0 Å². The van der Waals surface area contributed by atoms with Crippen molar-refractivity contribution in [3.8, 4) is 0 Å². The number of hydrogen-bond acceptors (Lipinski definition) is 8. The van der Waals surface area contributed by atoms with Gasteiger partial charge < -0.3 is 24.1 Å². The van der Waals surface area contributed by atoms with Crippen LogP contribution in [0.4, 0.5) is 0 Å². The van der Waals surface area contributed by atoms with Crippen molar-refractivity contribution < 1.29 is 38.4 Å². The fourth-order valence-corrected chi connectivity index (χ4v) is 1.69. The summed E-state index contributed by atoms with van der Waals surface area (Å²) in [6.45, 7) is 3.30. The van der Waals surface area contributed by atoms with Crippen LogP contribution in [0.25, 0.3) is 0 Å². The minimum absolute atomic E-state index is 0.220. The molecule has 1 aliphatic heterocycles. The van der Waals surface area contributed by atoms with E-state index in [9.17, 15) is 19.5 Å². The molecule has 4 atom stereocenters. The summed E-state index contributed by atoms with van der Waals surface area (Å²) >= 11 is 0. The third-order valence-corrected chi connectivity index (χ3v) is 2.34. The topological polar surface area (TPSA) is 108 Å². The number of ether oxygens (including phenoxy) is 4. The second kappa shape index (κ2) is 6.48. The zero-order chi connectivity index (χ0) is 14.6. The molecule has 0 aromatic carbocycles. The Balaban J connectivity index is 2.76. The van der Waals surface area contributed by atoms with Crippen LogP contribution in [0, 0.1) is 0 Å². The second-order valence-electron chi connectivity index (χ2n) is 4.02. The Morgan fingerprint density at radius 2 is 1.53 bits per heavy atom. The lowest BCUT2D eigenvalue weighted by Gasteiger charge is -2.21. The molecule has 1 unspecified atom stereocenters. The maximum Gasteiger partial charge on any atom is 0.303 e. The Morgan fingerprint density at radius 1 is 1.00 bits per heavy atom. The summed E-state index contributed by atoms with van der Waals surface area (Å²) in [7, 11) is 0. The van der Waals surface area contributed by atoms with Crippen LogP contribution in [-0.2, 0) is 33.3 Å². The van der Waals surface area contributed by atoms with E-state index in [2.05, 4.69) is 0 Å². The lowest BCUT2D eigenvalue weighted by molar-refractivity contribution is -0.174. The van der Waals surface area contributed by atoms with Crippen LogP contribution in [-0.4, -0.2) is 54.2 Å². The van der Waals surface area contributed by atoms with Gasteiger partial charge in [0.25, 0.3) is 0 Å². The van der Waals surface area contributed by atoms with Gasteiger partial charge in [0.05, 0.1) is 0 Å². The van der Waals surface area contributed by atoms with Crippen LogP contribution >= 0.6 is 0 Å². The molecule has 0 spiro atoms. The monoisotopic (exact) mass is 276 g/mol. The average Bonchev–Trinajstić information content (AvgIpc) is 2.53. The quantitative estimate of drug-likeness (QED) is 0.521. The molecule has 8 heteroatoms. The molecule has 0 amide bonds. The maximum absolute atomic E-state index is 11.0. The summed E-state index contributed by atoms with van der Waals surface area (Å²) in [5, 5.41) is 9.63. The molecule has 1 aliphatic rings. The first-order chi connectivity index (χ1) is 8.81. The molecule has 1 heterocycles. The lowest BCUT2D eigenvalue weighted by Crippen LogP contribution is -2.41. The number of hydrogen-bond donors (Lipinski definition) is 1. The van der Waals surface area contributed by atoms with Crippen molar-refractivity contribution in [2.24, 2.45) is 0 Å². The molecular weight excluding hydrogens is 260 g/mol. The highest BCUT2D eigenvalue weighted by Gasteiger charge is 2.48. The maximum atomic E-state index is 11.0. The highest BCUT2D eigenvalue weighted by Crippen LogP contribution is 2.26. The molecule has 0 aromatic heterocycles. The van der Waals surface area contributed by atoms with Crippen LogP contribution in [0.5, 0.6) is 0 Å². The van der Waals surface area contributed by atoms with Crippen LogP contribution < -0.4 is 0 Å². The first-order valence-electron chi connectivity index (χ1n) is 5.62. The third-order valence-electron chi connectivity index (χ3n) is 2.34. The Bertz CT molecular complexity index is 366. The smallest absolute Gasteiger partial charge is 0.303 e. The van der Waals surface area contributed by atoms with E-state index in [1.807, 2.05) is 0 Å². The van der Waals surface area contributed by atoms with Crippen LogP contribution in [0.2, 0.25) is 0 Å². The number of rotatable bonds is 4. The number of aliphatic hydroxyl groups excluding tert-OH is 1. The predicted octanol–water partition coefficient (Wildman–Crippen LogP) is -0.870. The van der Waals surface area contributed by atoms with E-state index >= 15 is 0 Å². The van der Waals surface area contributed by atoms with Crippen molar-refractivity contribution in [1.82, 2.24) is 0 Å². The lowest BCUT2D eigenvalue weighted by atomic mass is 10.1.